The van der Waals surface area contributed by atoms with Crippen molar-refractivity contribution in [2.45, 2.75) is 64.8 Å². The van der Waals surface area contributed by atoms with Crippen LogP contribution in [0.1, 0.15) is 51.3 Å². The first kappa shape index (κ1) is 16.9. The standard InChI is InChI=1S/C17H26BrNO2/c1-6-12-8-13(9-15(18)14(12)7-2)17(20)11(3)19-16(4,5)10-21-17/h8-9,11,19-20H,6-7,10H2,1-5H3. The zero-order chi connectivity index (χ0) is 15.8. The highest BCUT2D eigenvalue weighted by atomic mass is 79.9. The molecule has 1 aliphatic heterocycles. The van der Waals surface area contributed by atoms with Crippen LogP contribution in [0.4, 0.5) is 0 Å². The van der Waals surface area contributed by atoms with E-state index in [1.165, 1.54) is 11.1 Å². The summed E-state index contributed by atoms with van der Waals surface area (Å²) in [5, 5.41) is 14.5. The lowest BCUT2D eigenvalue weighted by atomic mass is 9.89. The molecule has 1 aromatic rings. The Morgan fingerprint density at radius 1 is 1.33 bits per heavy atom. The van der Waals surface area contributed by atoms with Crippen LogP contribution < -0.4 is 5.32 Å². The minimum Gasteiger partial charge on any atom is -0.361 e. The first-order valence-electron chi connectivity index (χ1n) is 7.69. The zero-order valence-corrected chi connectivity index (χ0v) is 15.2. The average Bonchev–Trinajstić information content (AvgIpc) is 2.42. The molecule has 4 heteroatoms. The lowest BCUT2D eigenvalue weighted by Crippen LogP contribution is -2.63. The third-order valence-corrected chi connectivity index (χ3v) is 4.99. The van der Waals surface area contributed by atoms with Gasteiger partial charge in [-0.1, -0.05) is 35.8 Å². The van der Waals surface area contributed by atoms with Crippen LogP contribution in [0.3, 0.4) is 0 Å². The second-order valence-corrected chi connectivity index (χ2v) is 7.39. The molecule has 21 heavy (non-hydrogen) atoms. The highest BCUT2D eigenvalue weighted by Gasteiger charge is 2.45. The number of rotatable bonds is 3. The van der Waals surface area contributed by atoms with Gasteiger partial charge in [-0.15, -0.1) is 0 Å². The molecule has 1 aliphatic rings. The van der Waals surface area contributed by atoms with E-state index in [2.05, 4.69) is 55.0 Å². The van der Waals surface area contributed by atoms with Gasteiger partial charge >= 0.3 is 0 Å². The Hall–Kier alpha value is -0.420. The second-order valence-electron chi connectivity index (χ2n) is 6.54. The topological polar surface area (TPSA) is 41.5 Å². The van der Waals surface area contributed by atoms with Crippen molar-refractivity contribution in [3.63, 3.8) is 0 Å². The highest BCUT2D eigenvalue weighted by molar-refractivity contribution is 9.10. The molecule has 2 atom stereocenters. The number of hydrogen-bond acceptors (Lipinski definition) is 3. The molecule has 1 heterocycles. The summed E-state index contributed by atoms with van der Waals surface area (Å²) in [6.07, 6.45) is 1.92. The van der Waals surface area contributed by atoms with E-state index in [1.54, 1.807) is 0 Å². The summed E-state index contributed by atoms with van der Waals surface area (Å²) in [5.74, 6) is -1.28. The van der Waals surface area contributed by atoms with E-state index in [0.717, 1.165) is 22.9 Å². The van der Waals surface area contributed by atoms with E-state index in [1.807, 2.05) is 13.0 Å². The second kappa shape index (κ2) is 5.99. The molecule has 0 bridgehead atoms. The summed E-state index contributed by atoms with van der Waals surface area (Å²) in [7, 11) is 0. The normalized spacial score (nSPS) is 28.6. The molecule has 2 N–H and O–H groups in total. The van der Waals surface area contributed by atoms with Crippen LogP contribution in [0.2, 0.25) is 0 Å². The Morgan fingerprint density at radius 3 is 2.52 bits per heavy atom. The zero-order valence-electron chi connectivity index (χ0n) is 13.6. The molecule has 3 nitrogen and oxygen atoms in total. The molecule has 1 aromatic carbocycles. The van der Waals surface area contributed by atoms with Crippen molar-refractivity contribution in [2.75, 3.05) is 6.61 Å². The number of halogens is 1. The first-order chi connectivity index (χ1) is 9.73. The maximum absolute atomic E-state index is 11.0. The Balaban J connectivity index is 2.44. The quantitative estimate of drug-likeness (QED) is 0.871. The van der Waals surface area contributed by atoms with Crippen LogP contribution in [-0.2, 0) is 23.4 Å². The number of nitrogens with one attached hydrogen (secondary N) is 1. The molecule has 0 aromatic heterocycles. The molecule has 0 saturated carbocycles. The summed E-state index contributed by atoms with van der Waals surface area (Å²) < 4.78 is 6.93. The van der Waals surface area contributed by atoms with E-state index in [9.17, 15) is 5.11 Å². The van der Waals surface area contributed by atoms with Crippen molar-refractivity contribution < 1.29 is 9.84 Å². The fraction of sp³-hybridized carbons (Fsp3) is 0.647. The molecule has 0 spiro atoms. The van der Waals surface area contributed by atoms with Crippen molar-refractivity contribution in [1.82, 2.24) is 5.32 Å². The van der Waals surface area contributed by atoms with Crippen molar-refractivity contribution in [1.29, 1.82) is 0 Å². The van der Waals surface area contributed by atoms with Gasteiger partial charge in [0.1, 0.15) is 0 Å². The van der Waals surface area contributed by atoms with Gasteiger partial charge in [0.25, 0.3) is 0 Å². The smallest absolute Gasteiger partial charge is 0.208 e. The van der Waals surface area contributed by atoms with Gasteiger partial charge < -0.3 is 15.2 Å². The third-order valence-electron chi connectivity index (χ3n) is 4.28. The van der Waals surface area contributed by atoms with Gasteiger partial charge in [0.15, 0.2) is 0 Å². The number of hydrogen-bond donors (Lipinski definition) is 2. The highest BCUT2D eigenvalue weighted by Crippen LogP contribution is 2.36. The Morgan fingerprint density at radius 2 is 2.00 bits per heavy atom. The Labute approximate surface area is 136 Å². The molecular formula is C17H26BrNO2. The molecule has 118 valence electrons. The minimum absolute atomic E-state index is 0.125. The van der Waals surface area contributed by atoms with Crippen molar-refractivity contribution >= 4 is 15.9 Å². The van der Waals surface area contributed by atoms with E-state index in [4.69, 9.17) is 4.74 Å². The predicted octanol–water partition coefficient (Wildman–Crippen LogP) is 3.51. The number of aliphatic hydroxyl groups is 1. The Bertz CT molecular complexity index is 530. The lowest BCUT2D eigenvalue weighted by molar-refractivity contribution is -0.263. The number of morpholine rings is 1. The fourth-order valence-electron chi connectivity index (χ4n) is 3.09. The summed E-state index contributed by atoms with van der Waals surface area (Å²) in [6, 6.07) is 3.90. The molecule has 2 rings (SSSR count). The lowest BCUT2D eigenvalue weighted by Gasteiger charge is -2.46. The molecular weight excluding hydrogens is 330 g/mol. The SMILES string of the molecule is CCc1cc(C2(O)OCC(C)(C)NC2C)cc(Br)c1CC. The van der Waals surface area contributed by atoms with Crippen molar-refractivity contribution in [2.24, 2.45) is 0 Å². The van der Waals surface area contributed by atoms with E-state index in [-0.39, 0.29) is 11.6 Å². The number of aryl methyl sites for hydroxylation is 1. The van der Waals surface area contributed by atoms with Gasteiger partial charge in [-0.2, -0.15) is 0 Å². The summed E-state index contributed by atoms with van der Waals surface area (Å²) in [6.45, 7) is 10.9. The van der Waals surface area contributed by atoms with Crippen molar-refractivity contribution in [3.05, 3.63) is 33.3 Å². The monoisotopic (exact) mass is 355 g/mol. The van der Waals surface area contributed by atoms with Crippen molar-refractivity contribution in [3.8, 4) is 0 Å². The Kier molecular flexibility index (Phi) is 4.84. The van der Waals surface area contributed by atoms with Gasteiger partial charge in [0.05, 0.1) is 12.6 Å². The maximum atomic E-state index is 11.0. The van der Waals surface area contributed by atoms with E-state index in [0.29, 0.717) is 6.61 Å². The molecule has 0 amide bonds. The van der Waals surface area contributed by atoms with Gasteiger partial charge in [-0.05, 0) is 50.8 Å². The summed E-state index contributed by atoms with van der Waals surface area (Å²) in [4.78, 5) is 0. The maximum Gasteiger partial charge on any atom is 0.208 e. The van der Waals surface area contributed by atoms with Crippen LogP contribution in [0, 0.1) is 0 Å². The molecule has 1 saturated heterocycles. The summed E-state index contributed by atoms with van der Waals surface area (Å²) >= 11 is 3.65. The van der Waals surface area contributed by atoms with Crippen LogP contribution in [-0.4, -0.2) is 23.3 Å². The fourth-order valence-corrected chi connectivity index (χ4v) is 3.87. The average molecular weight is 356 g/mol. The van der Waals surface area contributed by atoms with Crippen LogP contribution >= 0.6 is 15.9 Å². The predicted molar refractivity (Wildman–Crippen MR) is 89.4 cm³/mol. The molecule has 1 fully saturated rings. The largest absolute Gasteiger partial charge is 0.361 e. The summed E-state index contributed by atoms with van der Waals surface area (Å²) in [5.41, 5.74) is 3.26. The van der Waals surface area contributed by atoms with Gasteiger partial charge in [0.2, 0.25) is 5.79 Å². The third kappa shape index (κ3) is 3.19. The van der Waals surface area contributed by atoms with Gasteiger partial charge in [0, 0.05) is 15.6 Å². The van der Waals surface area contributed by atoms with E-state index < -0.39 is 5.79 Å². The number of ether oxygens (including phenoxy) is 1. The van der Waals surface area contributed by atoms with Crippen LogP contribution in [0.5, 0.6) is 0 Å². The molecule has 0 aliphatic carbocycles. The molecule has 0 radical (unpaired) electrons. The minimum atomic E-state index is -1.28. The van der Waals surface area contributed by atoms with Crippen LogP contribution in [0.25, 0.3) is 0 Å². The molecule has 2 unspecified atom stereocenters. The van der Waals surface area contributed by atoms with Crippen LogP contribution in [0.15, 0.2) is 16.6 Å². The van der Waals surface area contributed by atoms with E-state index >= 15 is 0 Å². The first-order valence-corrected chi connectivity index (χ1v) is 8.48. The number of benzene rings is 1. The van der Waals surface area contributed by atoms with Gasteiger partial charge in [-0.25, -0.2) is 0 Å². The van der Waals surface area contributed by atoms with Gasteiger partial charge in [-0.3, -0.25) is 0 Å².